The van der Waals surface area contributed by atoms with Crippen LogP contribution in [-0.2, 0) is 9.59 Å². The van der Waals surface area contributed by atoms with Crippen molar-refractivity contribution in [1.82, 2.24) is 15.1 Å². The summed E-state index contributed by atoms with van der Waals surface area (Å²) in [6, 6.07) is 23.1. The van der Waals surface area contributed by atoms with Crippen molar-refractivity contribution in [3.63, 3.8) is 0 Å². The van der Waals surface area contributed by atoms with Crippen molar-refractivity contribution in [3.05, 3.63) is 93.9 Å². The quantitative estimate of drug-likeness (QED) is 0.276. The van der Waals surface area contributed by atoms with Crippen LogP contribution in [0.15, 0.2) is 83.3 Å². The van der Waals surface area contributed by atoms with E-state index in [2.05, 4.69) is 41.7 Å². The second kappa shape index (κ2) is 11.7. The van der Waals surface area contributed by atoms with Crippen molar-refractivity contribution in [3.8, 4) is 11.3 Å². The number of carbonyl (C=O) groups is 3. The van der Waals surface area contributed by atoms with Gasteiger partial charge in [0.25, 0.3) is 5.91 Å². The molecule has 9 nitrogen and oxygen atoms in total. The highest BCUT2D eigenvalue weighted by molar-refractivity contribution is 9.10. The maximum Gasteiger partial charge on any atom is 0.313 e. The molecule has 11 heteroatoms. The van der Waals surface area contributed by atoms with Gasteiger partial charge in [-0.3, -0.25) is 19.5 Å². The van der Waals surface area contributed by atoms with Crippen LogP contribution in [0.1, 0.15) is 10.4 Å². The summed E-state index contributed by atoms with van der Waals surface area (Å²) in [6.45, 7) is 1.86. The molecular formula is C28H24BrClN6O3. The first-order chi connectivity index (χ1) is 18.9. The van der Waals surface area contributed by atoms with E-state index < -0.39 is 11.8 Å². The van der Waals surface area contributed by atoms with Crippen molar-refractivity contribution in [2.24, 2.45) is 0 Å². The third-order valence-corrected chi connectivity index (χ3v) is 7.07. The number of H-pyrrole nitrogens is 1. The molecule has 0 saturated carbocycles. The van der Waals surface area contributed by atoms with Crippen molar-refractivity contribution in [2.75, 3.05) is 41.7 Å². The number of hydrogen-bond donors (Lipinski definition) is 3. The molecule has 198 valence electrons. The summed E-state index contributed by atoms with van der Waals surface area (Å²) in [6.07, 6.45) is 0. The summed E-state index contributed by atoms with van der Waals surface area (Å²) in [5.41, 5.74) is 3.25. The summed E-state index contributed by atoms with van der Waals surface area (Å²) < 4.78 is 0.874. The molecule has 0 radical (unpaired) electrons. The van der Waals surface area contributed by atoms with E-state index in [-0.39, 0.29) is 5.91 Å². The molecule has 3 N–H and O–H groups in total. The maximum atomic E-state index is 12.8. The Kier molecular flexibility index (Phi) is 7.94. The van der Waals surface area contributed by atoms with Crippen LogP contribution in [0.25, 0.3) is 11.3 Å². The molecule has 0 unspecified atom stereocenters. The average molecular weight is 608 g/mol. The normalized spacial score (nSPS) is 13.2. The number of hydrogen-bond acceptors (Lipinski definition) is 5. The van der Waals surface area contributed by atoms with Gasteiger partial charge in [0.05, 0.1) is 5.69 Å². The Morgan fingerprint density at radius 1 is 0.846 bits per heavy atom. The van der Waals surface area contributed by atoms with Gasteiger partial charge in [-0.2, -0.15) is 5.10 Å². The Labute approximate surface area is 238 Å². The zero-order valence-electron chi connectivity index (χ0n) is 20.7. The molecule has 3 aromatic carbocycles. The Morgan fingerprint density at radius 3 is 2.21 bits per heavy atom. The minimum atomic E-state index is -0.732. The van der Waals surface area contributed by atoms with E-state index in [0.29, 0.717) is 48.1 Å². The Bertz CT molecular complexity index is 1500. The van der Waals surface area contributed by atoms with Crippen LogP contribution < -0.4 is 15.5 Å². The largest absolute Gasteiger partial charge is 0.352 e. The molecule has 0 aliphatic carbocycles. The van der Waals surface area contributed by atoms with Gasteiger partial charge in [-0.15, -0.1) is 0 Å². The second-order valence-corrected chi connectivity index (χ2v) is 10.3. The predicted molar refractivity (Wildman–Crippen MR) is 155 cm³/mol. The number of halogens is 2. The van der Waals surface area contributed by atoms with Crippen LogP contribution in [0, 0.1) is 0 Å². The number of carbonyl (C=O) groups excluding carboxylic acids is 3. The van der Waals surface area contributed by atoms with E-state index in [0.717, 1.165) is 21.5 Å². The van der Waals surface area contributed by atoms with Gasteiger partial charge >= 0.3 is 11.8 Å². The molecule has 1 aromatic heterocycles. The molecule has 2 heterocycles. The molecule has 1 fully saturated rings. The van der Waals surface area contributed by atoms with Gasteiger partial charge in [0.1, 0.15) is 0 Å². The lowest BCUT2D eigenvalue weighted by atomic mass is 10.1. The van der Waals surface area contributed by atoms with Crippen molar-refractivity contribution < 1.29 is 14.4 Å². The number of rotatable bonds is 5. The lowest BCUT2D eigenvalue weighted by Gasteiger charge is -2.34. The third-order valence-electron chi connectivity index (χ3n) is 6.29. The zero-order valence-corrected chi connectivity index (χ0v) is 23.0. The fourth-order valence-electron chi connectivity index (χ4n) is 4.20. The number of benzene rings is 3. The molecule has 0 spiro atoms. The Hall–Kier alpha value is -4.15. The molecule has 1 saturated heterocycles. The van der Waals surface area contributed by atoms with Crippen LogP contribution in [0.5, 0.6) is 0 Å². The van der Waals surface area contributed by atoms with Crippen molar-refractivity contribution in [1.29, 1.82) is 0 Å². The van der Waals surface area contributed by atoms with Gasteiger partial charge in [-0.1, -0.05) is 45.7 Å². The molecule has 3 amide bonds. The predicted octanol–water partition coefficient (Wildman–Crippen LogP) is 5.03. The van der Waals surface area contributed by atoms with Gasteiger partial charge in [0, 0.05) is 58.7 Å². The van der Waals surface area contributed by atoms with E-state index in [4.69, 9.17) is 11.6 Å². The lowest BCUT2D eigenvalue weighted by molar-refractivity contribution is -0.143. The fraction of sp³-hybridized carbons (Fsp3) is 0.143. The number of nitrogens with one attached hydrogen (secondary N) is 3. The van der Waals surface area contributed by atoms with Gasteiger partial charge in [0.15, 0.2) is 5.82 Å². The molecule has 5 rings (SSSR count). The standard InChI is InChI=1S/C28H24BrClN6O3/c29-20-8-4-19(5-9-20)26(37)31-22-2-1-3-23(16-22)32-27(38)28(39)36-14-12-35(13-15-36)25-17-24(33-34-25)18-6-10-21(30)11-7-18/h1-11,16-17H,12-15H2,(H,31,37)(H,32,38)(H,33,34). The van der Waals surface area contributed by atoms with Gasteiger partial charge < -0.3 is 20.4 Å². The van der Waals surface area contributed by atoms with Crippen LogP contribution in [0.2, 0.25) is 5.02 Å². The number of nitrogens with zero attached hydrogens (tertiary/aromatic N) is 3. The number of piperazine rings is 1. The molecular weight excluding hydrogens is 584 g/mol. The average Bonchev–Trinajstić information content (AvgIpc) is 3.44. The number of amides is 3. The minimum absolute atomic E-state index is 0.280. The Balaban J connectivity index is 1.14. The molecule has 1 aliphatic heterocycles. The van der Waals surface area contributed by atoms with Gasteiger partial charge in [-0.25, -0.2) is 0 Å². The van der Waals surface area contributed by atoms with Crippen LogP contribution >= 0.6 is 27.5 Å². The molecule has 39 heavy (non-hydrogen) atoms. The van der Waals surface area contributed by atoms with E-state index in [9.17, 15) is 14.4 Å². The topological polar surface area (TPSA) is 110 Å². The molecule has 1 aliphatic rings. The summed E-state index contributed by atoms with van der Waals surface area (Å²) in [7, 11) is 0. The Morgan fingerprint density at radius 2 is 1.51 bits per heavy atom. The van der Waals surface area contributed by atoms with Crippen molar-refractivity contribution in [2.45, 2.75) is 0 Å². The zero-order chi connectivity index (χ0) is 27.4. The van der Waals surface area contributed by atoms with Crippen LogP contribution in [-0.4, -0.2) is 59.0 Å². The SMILES string of the molecule is O=C(Nc1cccc(NC(=O)c2ccc(Br)cc2)c1)C(=O)N1CCN(c2cc(-c3ccc(Cl)cc3)[nH]n2)CC1. The molecule has 4 aromatic rings. The smallest absolute Gasteiger partial charge is 0.313 e. The first kappa shape index (κ1) is 26.5. The summed E-state index contributed by atoms with van der Waals surface area (Å²) in [5.74, 6) is -0.844. The first-order valence-electron chi connectivity index (χ1n) is 12.2. The molecule has 0 bridgehead atoms. The number of aromatic amines is 1. The highest BCUT2D eigenvalue weighted by Crippen LogP contribution is 2.24. The summed E-state index contributed by atoms with van der Waals surface area (Å²) in [5, 5.41) is 13.5. The number of aromatic nitrogens is 2. The van der Waals surface area contributed by atoms with Gasteiger partial charge in [-0.05, 0) is 60.2 Å². The monoisotopic (exact) mass is 606 g/mol. The van der Waals surface area contributed by atoms with Crippen LogP contribution in [0.3, 0.4) is 0 Å². The second-order valence-electron chi connectivity index (χ2n) is 8.92. The van der Waals surface area contributed by atoms with Crippen molar-refractivity contribution >= 4 is 62.4 Å². The van der Waals surface area contributed by atoms with Gasteiger partial charge in [0.2, 0.25) is 0 Å². The minimum Gasteiger partial charge on any atom is -0.352 e. The summed E-state index contributed by atoms with van der Waals surface area (Å²) in [4.78, 5) is 41.6. The first-order valence-corrected chi connectivity index (χ1v) is 13.4. The lowest BCUT2D eigenvalue weighted by Crippen LogP contribution is -2.51. The third kappa shape index (κ3) is 6.47. The highest BCUT2D eigenvalue weighted by atomic mass is 79.9. The van der Waals surface area contributed by atoms with E-state index in [1.165, 1.54) is 4.90 Å². The summed E-state index contributed by atoms with van der Waals surface area (Å²) >= 11 is 9.32. The highest BCUT2D eigenvalue weighted by Gasteiger charge is 2.27. The van der Waals surface area contributed by atoms with Crippen LogP contribution in [0.4, 0.5) is 17.2 Å². The fourth-order valence-corrected chi connectivity index (χ4v) is 4.59. The number of anilines is 3. The van der Waals surface area contributed by atoms with E-state index in [1.54, 1.807) is 48.5 Å². The van der Waals surface area contributed by atoms with E-state index in [1.807, 2.05) is 30.3 Å². The maximum absolute atomic E-state index is 12.8. The molecule has 0 atom stereocenters. The van der Waals surface area contributed by atoms with E-state index >= 15 is 0 Å².